The van der Waals surface area contributed by atoms with E-state index in [1.54, 1.807) is 4.90 Å². The van der Waals surface area contributed by atoms with E-state index in [1.807, 2.05) is 63.2 Å². The Labute approximate surface area is 188 Å². The average Bonchev–Trinajstić information content (AvgIpc) is 3.47. The predicted molar refractivity (Wildman–Crippen MR) is 119 cm³/mol. The third kappa shape index (κ3) is 4.42. The van der Waals surface area contributed by atoms with Crippen molar-refractivity contribution < 1.29 is 19.1 Å². The van der Waals surface area contributed by atoms with E-state index in [2.05, 4.69) is 10.2 Å². The van der Waals surface area contributed by atoms with Crippen LogP contribution < -0.4 is 0 Å². The molecular formula is C24H32N4O4. The summed E-state index contributed by atoms with van der Waals surface area (Å²) in [7, 11) is 3.91. The molecule has 4 rings (SSSR count). The van der Waals surface area contributed by atoms with E-state index < -0.39 is 5.54 Å². The highest BCUT2D eigenvalue weighted by Crippen LogP contribution is 2.40. The van der Waals surface area contributed by atoms with Crippen LogP contribution in [-0.2, 0) is 32.8 Å². The van der Waals surface area contributed by atoms with E-state index in [0.29, 0.717) is 19.7 Å². The molecule has 0 aliphatic carbocycles. The number of amides is 1. The highest BCUT2D eigenvalue weighted by atomic mass is 16.6. The van der Waals surface area contributed by atoms with Crippen molar-refractivity contribution in [1.82, 2.24) is 20.0 Å². The van der Waals surface area contributed by atoms with Gasteiger partial charge in [-0.2, -0.15) is 5.10 Å². The molecule has 8 nitrogen and oxygen atoms in total. The van der Waals surface area contributed by atoms with Gasteiger partial charge in [0.05, 0.1) is 24.2 Å². The van der Waals surface area contributed by atoms with Crippen molar-refractivity contribution in [3.05, 3.63) is 52.8 Å². The van der Waals surface area contributed by atoms with Crippen LogP contribution in [0, 0.1) is 0 Å². The lowest BCUT2D eigenvalue weighted by Gasteiger charge is -2.32. The summed E-state index contributed by atoms with van der Waals surface area (Å²) < 4.78 is 11.5. The number of aromatic amines is 1. The van der Waals surface area contributed by atoms with Gasteiger partial charge in [-0.3, -0.25) is 14.8 Å². The molecule has 8 heteroatoms. The van der Waals surface area contributed by atoms with Gasteiger partial charge in [0.2, 0.25) is 0 Å². The minimum absolute atomic E-state index is 0.0582. The van der Waals surface area contributed by atoms with Crippen molar-refractivity contribution in [2.45, 2.75) is 57.4 Å². The zero-order valence-electron chi connectivity index (χ0n) is 19.3. The number of likely N-dealkylation sites (N-methyl/N-ethyl adjacent to an activating group) is 1. The Morgan fingerprint density at radius 2 is 2.06 bits per heavy atom. The van der Waals surface area contributed by atoms with Crippen LogP contribution in [-0.4, -0.2) is 65.2 Å². The highest BCUT2D eigenvalue weighted by molar-refractivity contribution is 5.85. The first kappa shape index (κ1) is 22.5. The maximum Gasteiger partial charge on any atom is 0.411 e. The Balaban J connectivity index is 1.50. The van der Waals surface area contributed by atoms with Crippen molar-refractivity contribution in [1.29, 1.82) is 0 Å². The summed E-state index contributed by atoms with van der Waals surface area (Å²) in [5.41, 5.74) is 2.76. The molecule has 2 unspecified atom stereocenters. The first-order chi connectivity index (χ1) is 15.3. The lowest BCUT2D eigenvalue weighted by Crippen LogP contribution is -2.42. The Morgan fingerprint density at radius 1 is 1.31 bits per heavy atom. The van der Waals surface area contributed by atoms with Crippen molar-refractivity contribution in [2.75, 3.05) is 27.2 Å². The number of nitrogens with zero attached hydrogens (tertiary/aromatic N) is 3. The van der Waals surface area contributed by atoms with E-state index in [1.165, 1.54) is 0 Å². The molecule has 2 atom stereocenters. The molecule has 2 aliphatic heterocycles. The van der Waals surface area contributed by atoms with Crippen molar-refractivity contribution in [3.8, 4) is 0 Å². The SMILES string of the molecule is CN(C)CC(OC(=O)N1Cc2c(n[nH]c2CC(=O)C2CCCO2)C1(C)C)c1ccccc1. The van der Waals surface area contributed by atoms with Crippen molar-refractivity contribution in [2.24, 2.45) is 0 Å². The average molecular weight is 441 g/mol. The normalized spacial score (nSPS) is 20.4. The number of fused-ring (bicyclic) bond motifs is 1. The Morgan fingerprint density at radius 3 is 2.72 bits per heavy atom. The van der Waals surface area contributed by atoms with Gasteiger partial charge < -0.3 is 14.4 Å². The van der Waals surface area contributed by atoms with Gasteiger partial charge in [0.15, 0.2) is 5.78 Å². The number of ether oxygens (including phenoxy) is 2. The summed E-state index contributed by atoms with van der Waals surface area (Å²) in [5, 5.41) is 7.50. The molecule has 1 aromatic heterocycles. The number of rotatable bonds is 7. The fourth-order valence-corrected chi connectivity index (χ4v) is 4.52. The number of hydrogen-bond donors (Lipinski definition) is 1. The van der Waals surface area contributed by atoms with Gasteiger partial charge in [-0.15, -0.1) is 0 Å². The van der Waals surface area contributed by atoms with E-state index in [-0.39, 0.29) is 30.5 Å². The van der Waals surface area contributed by atoms with Crippen LogP contribution in [0.5, 0.6) is 0 Å². The number of ketones is 1. The smallest absolute Gasteiger partial charge is 0.411 e. The molecule has 0 radical (unpaired) electrons. The summed E-state index contributed by atoms with van der Waals surface area (Å²) in [4.78, 5) is 29.6. The zero-order valence-corrected chi connectivity index (χ0v) is 19.3. The van der Waals surface area contributed by atoms with Crippen LogP contribution in [0.15, 0.2) is 30.3 Å². The van der Waals surface area contributed by atoms with Crippen LogP contribution in [0.25, 0.3) is 0 Å². The second kappa shape index (κ2) is 9.03. The molecule has 1 amide bonds. The summed E-state index contributed by atoms with van der Waals surface area (Å²) in [5.74, 6) is 0.0582. The number of H-pyrrole nitrogens is 1. The van der Waals surface area contributed by atoms with Crippen LogP contribution >= 0.6 is 0 Å². The monoisotopic (exact) mass is 440 g/mol. The Kier molecular flexibility index (Phi) is 6.35. The molecule has 3 heterocycles. The number of Topliss-reactive ketones (excluding diaryl/α,β-unsaturated/α-hetero) is 1. The number of benzene rings is 1. The first-order valence-electron chi connectivity index (χ1n) is 11.2. The van der Waals surface area contributed by atoms with E-state index in [4.69, 9.17) is 9.47 Å². The summed E-state index contributed by atoms with van der Waals surface area (Å²) in [6.45, 7) is 5.48. The van der Waals surface area contributed by atoms with Crippen LogP contribution in [0.1, 0.15) is 55.3 Å². The van der Waals surface area contributed by atoms with E-state index in [0.717, 1.165) is 35.4 Å². The number of hydrogen-bond acceptors (Lipinski definition) is 6. The van der Waals surface area contributed by atoms with Gasteiger partial charge in [0, 0.05) is 24.4 Å². The molecule has 1 saturated heterocycles. The predicted octanol–water partition coefficient (Wildman–Crippen LogP) is 3.19. The minimum Gasteiger partial charge on any atom is -0.440 e. The van der Waals surface area contributed by atoms with Gasteiger partial charge in [0.25, 0.3) is 0 Å². The summed E-state index contributed by atoms with van der Waals surface area (Å²) in [6, 6.07) is 9.77. The third-order valence-electron chi connectivity index (χ3n) is 6.33. The molecule has 2 aromatic rings. The molecular weight excluding hydrogens is 408 g/mol. The standard InChI is InChI=1S/C24H32N4O4/c1-24(2)22-17(18(25-26-22)13-19(29)20-11-8-12-31-20)14-28(24)23(30)32-21(15-27(3)4)16-9-6-5-7-10-16/h5-7,9-10,20-21H,8,11-15H2,1-4H3,(H,25,26). The van der Waals surface area contributed by atoms with Gasteiger partial charge in [-0.05, 0) is 46.3 Å². The number of carbonyl (C=O) groups excluding carboxylic acids is 2. The molecule has 0 bridgehead atoms. The quantitative estimate of drug-likeness (QED) is 0.712. The Bertz CT molecular complexity index is 964. The second-order valence-corrected chi connectivity index (χ2v) is 9.36. The maximum atomic E-state index is 13.3. The number of carbonyl (C=O) groups is 2. The molecule has 172 valence electrons. The van der Waals surface area contributed by atoms with Crippen LogP contribution in [0.2, 0.25) is 0 Å². The Hall–Kier alpha value is -2.71. The van der Waals surface area contributed by atoms with Crippen LogP contribution in [0.3, 0.4) is 0 Å². The molecule has 2 aliphatic rings. The molecule has 1 aromatic carbocycles. The topological polar surface area (TPSA) is 87.8 Å². The van der Waals surface area contributed by atoms with E-state index >= 15 is 0 Å². The van der Waals surface area contributed by atoms with E-state index in [9.17, 15) is 9.59 Å². The number of nitrogens with one attached hydrogen (secondary N) is 1. The zero-order chi connectivity index (χ0) is 22.9. The molecule has 0 saturated carbocycles. The lowest BCUT2D eigenvalue weighted by molar-refractivity contribution is -0.127. The van der Waals surface area contributed by atoms with Crippen LogP contribution in [0.4, 0.5) is 4.79 Å². The van der Waals surface area contributed by atoms with Gasteiger partial charge in [-0.25, -0.2) is 4.79 Å². The fraction of sp³-hybridized carbons (Fsp3) is 0.542. The number of aromatic nitrogens is 2. The fourth-order valence-electron chi connectivity index (χ4n) is 4.52. The first-order valence-corrected chi connectivity index (χ1v) is 11.2. The van der Waals surface area contributed by atoms with Gasteiger partial charge >= 0.3 is 6.09 Å². The molecule has 1 N–H and O–H groups in total. The maximum absolute atomic E-state index is 13.3. The van der Waals surface area contributed by atoms with Gasteiger partial charge in [-0.1, -0.05) is 30.3 Å². The second-order valence-electron chi connectivity index (χ2n) is 9.36. The third-order valence-corrected chi connectivity index (χ3v) is 6.33. The van der Waals surface area contributed by atoms with Gasteiger partial charge in [0.1, 0.15) is 12.2 Å². The largest absolute Gasteiger partial charge is 0.440 e. The van der Waals surface area contributed by atoms with Crippen molar-refractivity contribution in [3.63, 3.8) is 0 Å². The minimum atomic E-state index is -0.645. The van der Waals surface area contributed by atoms with Crippen molar-refractivity contribution >= 4 is 11.9 Å². The molecule has 32 heavy (non-hydrogen) atoms. The molecule has 0 spiro atoms. The summed E-state index contributed by atoms with van der Waals surface area (Å²) in [6.07, 6.45) is 0.817. The lowest BCUT2D eigenvalue weighted by atomic mass is 9.99. The summed E-state index contributed by atoms with van der Waals surface area (Å²) >= 11 is 0. The highest BCUT2D eigenvalue weighted by Gasteiger charge is 2.45. The molecule has 1 fully saturated rings.